The Morgan fingerprint density at radius 1 is 0.906 bits per heavy atom. The number of para-hydroxylation sites is 1. The van der Waals surface area contributed by atoms with Gasteiger partial charge in [0.15, 0.2) is 0 Å². The number of aromatic nitrogens is 2. The molecule has 0 spiro atoms. The summed E-state index contributed by atoms with van der Waals surface area (Å²) in [6.45, 7) is 1.90. The molecule has 4 rings (SSSR count). The van der Waals surface area contributed by atoms with Gasteiger partial charge in [0.2, 0.25) is 0 Å². The van der Waals surface area contributed by atoms with Crippen LogP contribution >= 0.6 is 0 Å². The Balaban J connectivity index is 1.52. The summed E-state index contributed by atoms with van der Waals surface area (Å²) in [5.41, 5.74) is 7.00. The number of carbonyl (C=O) groups is 2. The molecule has 0 aliphatic rings. The van der Waals surface area contributed by atoms with Crippen molar-refractivity contribution < 1.29 is 9.59 Å². The highest BCUT2D eigenvalue weighted by Gasteiger charge is 2.14. The SMILES string of the molecule is Cc1cccc(NC(=O)C(=O)NN=Cc2cn(-c3ccccc3)nc2-c2ccccc2)c1. The summed E-state index contributed by atoms with van der Waals surface area (Å²) in [6, 6.07) is 26.6. The molecule has 0 bridgehead atoms. The number of carbonyl (C=O) groups excluding carboxylic acids is 2. The van der Waals surface area contributed by atoms with Gasteiger partial charge in [-0.05, 0) is 36.8 Å². The van der Waals surface area contributed by atoms with E-state index in [4.69, 9.17) is 0 Å². The molecule has 0 saturated heterocycles. The molecule has 3 aromatic carbocycles. The number of nitrogens with zero attached hydrogens (tertiary/aromatic N) is 3. The number of hydrazone groups is 1. The molecule has 0 unspecified atom stereocenters. The van der Waals surface area contributed by atoms with Crippen LogP contribution in [-0.2, 0) is 9.59 Å². The van der Waals surface area contributed by atoms with E-state index < -0.39 is 11.8 Å². The van der Waals surface area contributed by atoms with E-state index in [0.29, 0.717) is 16.9 Å². The first kappa shape index (κ1) is 20.7. The van der Waals surface area contributed by atoms with Crippen molar-refractivity contribution in [2.24, 2.45) is 5.10 Å². The third kappa shape index (κ3) is 4.96. The minimum absolute atomic E-state index is 0.546. The predicted octanol–water partition coefficient (Wildman–Crippen LogP) is 3.94. The molecule has 7 heteroatoms. The summed E-state index contributed by atoms with van der Waals surface area (Å²) < 4.78 is 1.75. The van der Waals surface area contributed by atoms with Gasteiger partial charge in [-0.25, -0.2) is 10.1 Å². The van der Waals surface area contributed by atoms with E-state index in [1.807, 2.05) is 79.9 Å². The average Bonchev–Trinajstić information content (AvgIpc) is 3.24. The molecule has 0 aliphatic carbocycles. The number of aryl methyl sites for hydroxylation is 1. The predicted molar refractivity (Wildman–Crippen MR) is 125 cm³/mol. The lowest BCUT2D eigenvalue weighted by Gasteiger charge is -2.04. The second kappa shape index (κ2) is 9.53. The molecule has 0 aliphatic heterocycles. The van der Waals surface area contributed by atoms with Gasteiger partial charge in [-0.3, -0.25) is 9.59 Å². The summed E-state index contributed by atoms with van der Waals surface area (Å²) in [4.78, 5) is 24.3. The van der Waals surface area contributed by atoms with Crippen LogP contribution in [0.25, 0.3) is 16.9 Å². The third-order valence-electron chi connectivity index (χ3n) is 4.66. The third-order valence-corrected chi connectivity index (χ3v) is 4.66. The van der Waals surface area contributed by atoms with Gasteiger partial charge >= 0.3 is 11.8 Å². The summed E-state index contributed by atoms with van der Waals surface area (Å²) in [7, 11) is 0. The van der Waals surface area contributed by atoms with E-state index in [2.05, 4.69) is 20.9 Å². The topological polar surface area (TPSA) is 88.4 Å². The zero-order valence-corrected chi connectivity index (χ0v) is 17.4. The minimum atomic E-state index is -0.862. The largest absolute Gasteiger partial charge is 0.329 e. The zero-order valence-electron chi connectivity index (χ0n) is 17.4. The number of amides is 2. The molecule has 1 aromatic heterocycles. The standard InChI is InChI=1S/C25H21N5O2/c1-18-9-8-12-21(15-18)27-24(31)25(32)28-26-16-20-17-30(22-13-6-3-7-14-22)29-23(20)19-10-4-2-5-11-19/h2-17H,1H3,(H,27,31)(H,28,32). The highest BCUT2D eigenvalue weighted by atomic mass is 16.2. The Morgan fingerprint density at radius 3 is 2.34 bits per heavy atom. The van der Waals surface area contributed by atoms with Gasteiger partial charge in [0.05, 0.1) is 11.9 Å². The van der Waals surface area contributed by atoms with Crippen LogP contribution in [0.2, 0.25) is 0 Å². The minimum Gasteiger partial charge on any atom is -0.318 e. The lowest BCUT2D eigenvalue weighted by molar-refractivity contribution is -0.136. The molecule has 0 saturated carbocycles. The number of anilines is 1. The van der Waals surface area contributed by atoms with E-state index in [1.54, 1.807) is 22.9 Å². The molecular weight excluding hydrogens is 402 g/mol. The highest BCUT2D eigenvalue weighted by Crippen LogP contribution is 2.22. The van der Waals surface area contributed by atoms with Crippen molar-refractivity contribution in [1.82, 2.24) is 15.2 Å². The van der Waals surface area contributed by atoms with Crippen molar-refractivity contribution in [2.45, 2.75) is 6.92 Å². The van der Waals surface area contributed by atoms with Crippen LogP contribution in [0.15, 0.2) is 96.2 Å². The summed E-state index contributed by atoms with van der Waals surface area (Å²) in [5.74, 6) is -1.66. The number of rotatable bonds is 5. The normalized spacial score (nSPS) is 10.8. The van der Waals surface area contributed by atoms with Gasteiger partial charge < -0.3 is 5.32 Å². The first-order valence-electron chi connectivity index (χ1n) is 10.0. The van der Waals surface area contributed by atoms with Gasteiger partial charge in [-0.1, -0.05) is 60.7 Å². The van der Waals surface area contributed by atoms with Crippen molar-refractivity contribution in [1.29, 1.82) is 0 Å². The quantitative estimate of drug-likeness (QED) is 0.290. The van der Waals surface area contributed by atoms with Crippen molar-refractivity contribution >= 4 is 23.7 Å². The molecule has 1 heterocycles. The van der Waals surface area contributed by atoms with Crippen LogP contribution in [0.1, 0.15) is 11.1 Å². The van der Waals surface area contributed by atoms with E-state index in [0.717, 1.165) is 16.8 Å². The van der Waals surface area contributed by atoms with Gasteiger partial charge in [-0.2, -0.15) is 10.2 Å². The summed E-state index contributed by atoms with van der Waals surface area (Å²) in [6.07, 6.45) is 3.30. The Morgan fingerprint density at radius 2 is 1.62 bits per heavy atom. The Kier molecular flexibility index (Phi) is 6.17. The molecule has 2 N–H and O–H groups in total. The molecular formula is C25H21N5O2. The maximum Gasteiger partial charge on any atom is 0.329 e. The number of benzene rings is 3. The van der Waals surface area contributed by atoms with Gasteiger partial charge in [0, 0.05) is 23.0 Å². The second-order valence-electron chi connectivity index (χ2n) is 7.10. The van der Waals surface area contributed by atoms with Crippen LogP contribution < -0.4 is 10.7 Å². The number of hydrogen-bond acceptors (Lipinski definition) is 4. The highest BCUT2D eigenvalue weighted by molar-refractivity contribution is 6.39. The smallest absolute Gasteiger partial charge is 0.318 e. The van der Waals surface area contributed by atoms with Gasteiger partial charge in [0.1, 0.15) is 5.69 Å². The van der Waals surface area contributed by atoms with E-state index in [9.17, 15) is 9.59 Å². The molecule has 32 heavy (non-hydrogen) atoms. The van der Waals surface area contributed by atoms with Gasteiger partial charge in [0.25, 0.3) is 0 Å². The molecule has 0 radical (unpaired) electrons. The molecule has 0 fully saturated rings. The summed E-state index contributed by atoms with van der Waals surface area (Å²) >= 11 is 0. The van der Waals surface area contributed by atoms with E-state index in [1.165, 1.54) is 6.21 Å². The maximum atomic E-state index is 12.1. The van der Waals surface area contributed by atoms with Gasteiger partial charge in [-0.15, -0.1) is 0 Å². The van der Waals surface area contributed by atoms with Crippen LogP contribution in [0, 0.1) is 6.92 Å². The van der Waals surface area contributed by atoms with E-state index >= 15 is 0 Å². The fourth-order valence-electron chi connectivity index (χ4n) is 3.14. The first-order chi connectivity index (χ1) is 15.6. The average molecular weight is 423 g/mol. The lowest BCUT2D eigenvalue weighted by Crippen LogP contribution is -2.32. The van der Waals surface area contributed by atoms with Crippen molar-refractivity contribution in [3.05, 3.63) is 102 Å². The maximum absolute atomic E-state index is 12.1. The Labute approximate surface area is 185 Å². The monoisotopic (exact) mass is 423 g/mol. The molecule has 2 amide bonds. The number of nitrogens with one attached hydrogen (secondary N) is 2. The van der Waals surface area contributed by atoms with Crippen LogP contribution in [0.5, 0.6) is 0 Å². The first-order valence-corrected chi connectivity index (χ1v) is 10.0. The zero-order chi connectivity index (χ0) is 22.3. The van der Waals surface area contributed by atoms with Crippen molar-refractivity contribution in [2.75, 3.05) is 5.32 Å². The Bertz CT molecular complexity index is 1260. The fourth-order valence-corrected chi connectivity index (χ4v) is 3.14. The molecule has 0 atom stereocenters. The molecule has 4 aromatic rings. The second-order valence-corrected chi connectivity index (χ2v) is 7.10. The van der Waals surface area contributed by atoms with Crippen LogP contribution in [0.3, 0.4) is 0 Å². The molecule has 158 valence electrons. The summed E-state index contributed by atoms with van der Waals surface area (Å²) in [5, 5.41) is 11.2. The molecule has 7 nitrogen and oxygen atoms in total. The lowest BCUT2D eigenvalue weighted by atomic mass is 10.1. The van der Waals surface area contributed by atoms with Crippen LogP contribution in [0.4, 0.5) is 5.69 Å². The number of hydrogen-bond donors (Lipinski definition) is 2. The van der Waals surface area contributed by atoms with Crippen molar-refractivity contribution in [3.63, 3.8) is 0 Å². The fraction of sp³-hybridized carbons (Fsp3) is 0.0400. The van der Waals surface area contributed by atoms with Crippen LogP contribution in [-0.4, -0.2) is 27.8 Å². The van der Waals surface area contributed by atoms with E-state index in [-0.39, 0.29) is 0 Å². The van der Waals surface area contributed by atoms with Crippen molar-refractivity contribution in [3.8, 4) is 16.9 Å². The Hall–Kier alpha value is -4.52.